The van der Waals surface area contributed by atoms with Gasteiger partial charge in [0, 0.05) is 32.7 Å². The zero-order chi connectivity index (χ0) is 16.3. The fourth-order valence-corrected chi connectivity index (χ4v) is 3.80. The first-order valence-electron chi connectivity index (χ1n) is 7.20. The molecule has 0 amide bonds. The summed E-state index contributed by atoms with van der Waals surface area (Å²) in [7, 11) is -3.82. The summed E-state index contributed by atoms with van der Waals surface area (Å²) in [5.74, 6) is -2.25. The van der Waals surface area contributed by atoms with E-state index in [2.05, 4.69) is 0 Å². The molecule has 1 aromatic rings. The molecule has 22 heavy (non-hydrogen) atoms. The molecule has 5 nitrogen and oxygen atoms in total. The summed E-state index contributed by atoms with van der Waals surface area (Å²) >= 11 is 0. The Morgan fingerprint density at radius 2 is 1.82 bits per heavy atom. The number of β-amino-alcohol motifs (C(OH)–C–C–N with tert-alkyl or cyclic N) is 1. The highest BCUT2D eigenvalue weighted by molar-refractivity contribution is 7.89. The van der Waals surface area contributed by atoms with E-state index in [0.717, 1.165) is 12.1 Å². The van der Waals surface area contributed by atoms with Crippen molar-refractivity contribution in [2.24, 2.45) is 0 Å². The minimum absolute atomic E-state index is 0.242. The Morgan fingerprint density at radius 1 is 1.18 bits per heavy atom. The van der Waals surface area contributed by atoms with E-state index in [1.807, 2.05) is 11.8 Å². The highest BCUT2D eigenvalue weighted by atomic mass is 32.2. The van der Waals surface area contributed by atoms with Gasteiger partial charge in [0.25, 0.3) is 0 Å². The van der Waals surface area contributed by atoms with Crippen molar-refractivity contribution in [3.8, 4) is 0 Å². The van der Waals surface area contributed by atoms with Crippen LogP contribution in [0, 0.1) is 11.6 Å². The topological polar surface area (TPSA) is 60.9 Å². The average molecular weight is 334 g/mol. The third-order valence-electron chi connectivity index (χ3n) is 3.80. The zero-order valence-electron chi connectivity index (χ0n) is 12.4. The number of hydrogen-bond donors (Lipinski definition) is 1. The minimum Gasteiger partial charge on any atom is -0.392 e. The number of rotatable bonds is 5. The van der Waals surface area contributed by atoms with E-state index < -0.39 is 27.8 Å². The maximum Gasteiger partial charge on any atom is 0.243 e. The van der Waals surface area contributed by atoms with Crippen LogP contribution in [0.1, 0.15) is 13.3 Å². The number of halogens is 2. The third kappa shape index (κ3) is 3.81. The molecule has 0 spiro atoms. The smallest absolute Gasteiger partial charge is 0.243 e. The maximum absolute atomic E-state index is 13.2. The Hall–Kier alpha value is -1.09. The van der Waals surface area contributed by atoms with Gasteiger partial charge in [0.15, 0.2) is 11.6 Å². The molecular weight excluding hydrogens is 314 g/mol. The molecule has 0 bridgehead atoms. The van der Waals surface area contributed by atoms with Crippen molar-refractivity contribution in [1.82, 2.24) is 9.21 Å². The summed E-state index contributed by atoms with van der Waals surface area (Å²) in [5, 5.41) is 9.62. The van der Waals surface area contributed by atoms with Gasteiger partial charge < -0.3 is 5.11 Å². The quantitative estimate of drug-likeness (QED) is 0.874. The molecule has 0 aromatic heterocycles. The van der Waals surface area contributed by atoms with Gasteiger partial charge in [-0.2, -0.15) is 4.31 Å². The monoisotopic (exact) mass is 334 g/mol. The summed E-state index contributed by atoms with van der Waals surface area (Å²) in [6.07, 6.45) is 0.224. The van der Waals surface area contributed by atoms with E-state index in [9.17, 15) is 22.3 Å². The van der Waals surface area contributed by atoms with Gasteiger partial charge in [-0.05, 0) is 24.6 Å². The van der Waals surface area contributed by atoms with Crippen LogP contribution in [0.25, 0.3) is 0 Å². The van der Waals surface area contributed by atoms with E-state index in [0.29, 0.717) is 32.1 Å². The largest absolute Gasteiger partial charge is 0.392 e. The number of hydrogen-bond acceptors (Lipinski definition) is 4. The second-order valence-corrected chi connectivity index (χ2v) is 7.28. The van der Waals surface area contributed by atoms with Gasteiger partial charge in [0.1, 0.15) is 0 Å². The second kappa shape index (κ2) is 6.99. The van der Waals surface area contributed by atoms with Gasteiger partial charge in [-0.15, -0.1) is 0 Å². The average Bonchev–Trinajstić information content (AvgIpc) is 2.50. The fraction of sp³-hybridized carbons (Fsp3) is 0.571. The fourth-order valence-electron chi connectivity index (χ4n) is 2.37. The van der Waals surface area contributed by atoms with Crippen LogP contribution in [0.2, 0.25) is 0 Å². The Morgan fingerprint density at radius 3 is 2.36 bits per heavy atom. The lowest BCUT2D eigenvalue weighted by Gasteiger charge is -2.34. The molecule has 0 aliphatic carbocycles. The Bertz CT molecular complexity index is 617. The van der Waals surface area contributed by atoms with Gasteiger partial charge in [-0.3, -0.25) is 4.90 Å². The van der Waals surface area contributed by atoms with Crippen LogP contribution in [0.4, 0.5) is 8.78 Å². The predicted octanol–water partition coefficient (Wildman–Crippen LogP) is 1.04. The molecular formula is C14H20F2N2O3S. The first-order chi connectivity index (χ1) is 10.3. The molecule has 124 valence electrons. The molecule has 1 heterocycles. The van der Waals surface area contributed by atoms with Gasteiger partial charge in [-0.1, -0.05) is 6.92 Å². The van der Waals surface area contributed by atoms with Crippen molar-refractivity contribution in [2.75, 3.05) is 32.7 Å². The molecule has 1 atom stereocenters. The van der Waals surface area contributed by atoms with Crippen LogP contribution in [0.3, 0.4) is 0 Å². The number of aliphatic hydroxyl groups excluding tert-OH is 1. The molecule has 1 aliphatic rings. The molecule has 1 saturated heterocycles. The highest BCUT2D eigenvalue weighted by Gasteiger charge is 2.29. The molecule has 0 radical (unpaired) electrons. The standard InChI is InChI=1S/C14H20F2N2O3S/c1-2-11(19)10-17-5-7-18(8-6-17)22(20,21)12-3-4-13(15)14(16)9-12/h3-4,9,11,19H,2,5-8,10H2,1H3. The van der Waals surface area contributed by atoms with Crippen LogP contribution in [0.5, 0.6) is 0 Å². The zero-order valence-corrected chi connectivity index (χ0v) is 13.2. The van der Waals surface area contributed by atoms with Crippen molar-refractivity contribution < 1.29 is 22.3 Å². The van der Waals surface area contributed by atoms with Crippen LogP contribution >= 0.6 is 0 Å². The number of piperazine rings is 1. The van der Waals surface area contributed by atoms with Crippen LogP contribution < -0.4 is 0 Å². The third-order valence-corrected chi connectivity index (χ3v) is 5.69. The molecule has 2 rings (SSSR count). The summed E-state index contributed by atoms with van der Waals surface area (Å²) in [6, 6.07) is 2.59. The molecule has 1 unspecified atom stereocenters. The number of aliphatic hydroxyl groups is 1. The van der Waals surface area contributed by atoms with Crippen LogP contribution in [0.15, 0.2) is 23.1 Å². The van der Waals surface area contributed by atoms with Crippen molar-refractivity contribution in [2.45, 2.75) is 24.3 Å². The molecule has 1 fully saturated rings. The Kier molecular flexibility index (Phi) is 5.49. The van der Waals surface area contributed by atoms with Gasteiger partial charge >= 0.3 is 0 Å². The predicted molar refractivity (Wildman–Crippen MR) is 77.9 cm³/mol. The minimum atomic E-state index is -3.82. The Labute approximate surface area is 129 Å². The lowest BCUT2D eigenvalue weighted by atomic mass is 10.2. The SMILES string of the molecule is CCC(O)CN1CCN(S(=O)(=O)c2ccc(F)c(F)c2)CC1. The van der Waals surface area contributed by atoms with Crippen molar-refractivity contribution >= 4 is 10.0 Å². The number of sulfonamides is 1. The van der Waals surface area contributed by atoms with Crippen molar-refractivity contribution in [3.63, 3.8) is 0 Å². The van der Waals surface area contributed by atoms with Crippen LogP contribution in [-0.4, -0.2) is 61.6 Å². The lowest BCUT2D eigenvalue weighted by molar-refractivity contribution is 0.0896. The molecule has 1 aromatic carbocycles. The number of benzene rings is 1. The number of nitrogens with zero attached hydrogens (tertiary/aromatic N) is 2. The van der Waals surface area contributed by atoms with Gasteiger partial charge in [0.2, 0.25) is 10.0 Å². The molecule has 8 heteroatoms. The van der Waals surface area contributed by atoms with Crippen LogP contribution in [-0.2, 0) is 10.0 Å². The Balaban J connectivity index is 2.04. The van der Waals surface area contributed by atoms with Crippen molar-refractivity contribution in [1.29, 1.82) is 0 Å². The van der Waals surface area contributed by atoms with Gasteiger partial charge in [-0.25, -0.2) is 17.2 Å². The molecule has 1 N–H and O–H groups in total. The summed E-state index contributed by atoms with van der Waals surface area (Å²) in [4.78, 5) is 1.75. The normalized spacial score (nSPS) is 19.3. The summed E-state index contributed by atoms with van der Waals surface area (Å²) in [6.45, 7) is 3.92. The van der Waals surface area contributed by atoms with E-state index >= 15 is 0 Å². The molecule has 0 saturated carbocycles. The van der Waals surface area contributed by atoms with E-state index in [1.165, 1.54) is 4.31 Å². The highest BCUT2D eigenvalue weighted by Crippen LogP contribution is 2.20. The van der Waals surface area contributed by atoms with Crippen molar-refractivity contribution in [3.05, 3.63) is 29.8 Å². The lowest BCUT2D eigenvalue weighted by Crippen LogP contribution is -2.50. The first-order valence-corrected chi connectivity index (χ1v) is 8.64. The van der Waals surface area contributed by atoms with E-state index in [4.69, 9.17) is 0 Å². The molecule has 1 aliphatic heterocycles. The van der Waals surface area contributed by atoms with Gasteiger partial charge in [0.05, 0.1) is 11.0 Å². The van der Waals surface area contributed by atoms with E-state index in [-0.39, 0.29) is 18.0 Å². The maximum atomic E-state index is 13.2. The van der Waals surface area contributed by atoms with E-state index in [1.54, 1.807) is 0 Å². The summed E-state index contributed by atoms with van der Waals surface area (Å²) < 4.78 is 52.2. The second-order valence-electron chi connectivity index (χ2n) is 5.34. The first kappa shape index (κ1) is 17.3. The summed E-state index contributed by atoms with van der Waals surface area (Å²) in [5.41, 5.74) is 0.